The largest absolute Gasteiger partial charge is 0.456 e. The molecule has 0 N–H and O–H groups in total. The normalized spacial score (nSPS) is 20.2. The third kappa shape index (κ3) is 9.20. The SMILES string of the molecule is [2H]c1c([2H])c(-c2c3c([2H])c([2H])c([2H])c([2H])c3c(-c3c([2H])c([2H])c4oc5c([2H])c6c([2H])c([2H])c([2H])c([2H])c6c([2H])c5c4c3[2H])c3c([2H])c([2H])c([2H])c([2H])c23)c([2H])c(-c2c([2H])c([2H])c([2H])c3c2c([2H])c([2H])c2c([2H])c([2H])c([2H])c([2H])c23)c1[2H].[2H]c1c([2H])c(-c2c3c([2H])c([2H])c([2H])c([2H])c3c(-c3c([2H])c([2H])c4oc5c([2H])c6c([2H])c([2H])c([2H])c([2H])c6c([2H])c5c4c3[2H])c3c([2H])c([2H])c([2H])c([2H])c23)c([2H])c(-c2c([2H])c3c([2H])c([2H])c([2H])c([2H])c3c3c([2H])c([2H])c([2H])c([2H])c23)c1[2H]. The van der Waals surface area contributed by atoms with Gasteiger partial charge in [-0.2, -0.15) is 0 Å². The summed E-state index contributed by atoms with van der Waals surface area (Å²) >= 11 is 0. The van der Waals surface area contributed by atoms with E-state index >= 15 is 0 Å². The van der Waals surface area contributed by atoms with Gasteiger partial charge in [-0.3, -0.25) is 0 Å². The fourth-order valence-corrected chi connectivity index (χ4v) is 12.7. The van der Waals surface area contributed by atoms with E-state index in [1.165, 1.54) is 0 Å². The second-order valence-electron chi connectivity index (χ2n) is 22.5. The molecular formula is C100H60O2. The van der Waals surface area contributed by atoms with Gasteiger partial charge < -0.3 is 8.83 Å². The number of furan rings is 2. The number of hydrogen-bond acceptors (Lipinski definition) is 2. The summed E-state index contributed by atoms with van der Waals surface area (Å²) in [5.41, 5.74) is -12.5. The summed E-state index contributed by atoms with van der Waals surface area (Å²) in [6.07, 6.45) is 0. The summed E-state index contributed by atoms with van der Waals surface area (Å²) in [5.74, 6) is 0. The smallest absolute Gasteiger partial charge is 0.136 e. The van der Waals surface area contributed by atoms with Crippen LogP contribution in [0.1, 0.15) is 82.2 Å². The summed E-state index contributed by atoms with van der Waals surface area (Å²) in [4.78, 5) is 0. The van der Waals surface area contributed by atoms with Gasteiger partial charge in [-0.05, 0) is 241 Å². The van der Waals surface area contributed by atoms with E-state index in [4.69, 9.17) is 54.1 Å². The minimum Gasteiger partial charge on any atom is -0.456 e. The van der Waals surface area contributed by atoms with Crippen LogP contribution in [-0.2, 0) is 0 Å². The highest BCUT2D eigenvalue weighted by molar-refractivity contribution is 6.25. The minimum absolute atomic E-state index is 0.465. The molecule has 0 bridgehead atoms. The van der Waals surface area contributed by atoms with Gasteiger partial charge >= 0.3 is 0 Å². The first kappa shape index (κ1) is 23.9. The Hall–Kier alpha value is -13.4. The lowest BCUT2D eigenvalue weighted by molar-refractivity contribution is 0.669. The van der Waals surface area contributed by atoms with Gasteiger partial charge in [0, 0.05) is 21.5 Å². The molecule has 2 heterocycles. The lowest BCUT2D eigenvalue weighted by Crippen LogP contribution is -1.91. The topological polar surface area (TPSA) is 26.3 Å². The molecule has 0 amide bonds. The van der Waals surface area contributed by atoms with Crippen LogP contribution in [0.3, 0.4) is 0 Å². The summed E-state index contributed by atoms with van der Waals surface area (Å²) < 4.78 is 558. The highest BCUT2D eigenvalue weighted by atomic mass is 16.3. The molecule has 22 rings (SSSR count). The molecule has 2 aromatic heterocycles. The second kappa shape index (κ2) is 23.1. The predicted octanol–water partition coefficient (Wildman–Crippen LogP) is 28.7. The van der Waals surface area contributed by atoms with Crippen molar-refractivity contribution in [3.05, 3.63) is 363 Å². The minimum atomic E-state index is -1.14. The van der Waals surface area contributed by atoms with E-state index in [9.17, 15) is 37.0 Å². The molecule has 0 fully saturated rings. The summed E-state index contributed by atoms with van der Waals surface area (Å²) in [6.45, 7) is 0. The van der Waals surface area contributed by atoms with Gasteiger partial charge in [-0.25, -0.2) is 0 Å². The fourth-order valence-electron chi connectivity index (χ4n) is 12.7. The van der Waals surface area contributed by atoms with Gasteiger partial charge in [-0.15, -0.1) is 0 Å². The first-order valence-corrected chi connectivity index (χ1v) is 30.3. The van der Waals surface area contributed by atoms with Crippen LogP contribution in [0.5, 0.6) is 0 Å². The number of rotatable bonds is 6. The Labute approximate surface area is 671 Å². The van der Waals surface area contributed by atoms with E-state index in [1.54, 1.807) is 0 Å². The molecule has 22 aromatic rings. The zero-order valence-corrected chi connectivity index (χ0v) is 50.8. The average Bonchev–Trinajstić information content (AvgIpc) is 1.07. The van der Waals surface area contributed by atoms with Gasteiger partial charge in [0.1, 0.15) is 22.3 Å². The molecule has 102 heavy (non-hydrogen) atoms. The Kier molecular flexibility index (Phi) is 5.42. The lowest BCUT2D eigenvalue weighted by Gasteiger charge is -2.18. The quantitative estimate of drug-likeness (QED) is 0.123. The first-order valence-electron chi connectivity index (χ1n) is 60.3. The summed E-state index contributed by atoms with van der Waals surface area (Å²) in [5, 5.41) is -15.4. The van der Waals surface area contributed by atoms with Crippen molar-refractivity contribution in [2.24, 2.45) is 0 Å². The van der Waals surface area contributed by atoms with Crippen LogP contribution in [0.4, 0.5) is 0 Å². The monoisotopic (exact) mass is 1350 g/mol. The van der Waals surface area contributed by atoms with Crippen LogP contribution in [0, 0.1) is 0 Å². The Morgan fingerprint density at radius 2 is 0.451 bits per heavy atom. The van der Waals surface area contributed by atoms with Crippen molar-refractivity contribution in [3.8, 4) is 66.8 Å². The predicted molar refractivity (Wildman–Crippen MR) is 435 cm³/mol. The summed E-state index contributed by atoms with van der Waals surface area (Å²) in [6, 6.07) is -56.5. The molecule has 0 atom stereocenters. The molecule has 2 nitrogen and oxygen atoms in total. The second-order valence-corrected chi connectivity index (χ2v) is 22.5. The number of benzene rings is 20. The van der Waals surface area contributed by atoms with Crippen molar-refractivity contribution < 1.29 is 91.1 Å². The van der Waals surface area contributed by atoms with E-state index in [0.29, 0.717) is 0 Å². The molecule has 0 spiro atoms. The molecule has 472 valence electrons. The van der Waals surface area contributed by atoms with Crippen molar-refractivity contribution >= 4 is 152 Å². The maximum Gasteiger partial charge on any atom is 0.136 e. The number of hydrogen-bond donors (Lipinski definition) is 0. The van der Waals surface area contributed by atoms with Crippen LogP contribution >= 0.6 is 0 Å². The molecule has 2 heteroatoms. The summed E-state index contributed by atoms with van der Waals surface area (Å²) in [7, 11) is 0. The standard InChI is InChI=1S/2C50H30O/c1-2-13-33-30-48-46(28-32(33)12-1)45-29-36(24-26-47(45)51-48)50-43-19-7-5-17-41(43)49(42-18-6-8-20-44(42)50)35-15-9-14-34(27-35)38-21-10-22-39-37-16-4-3-11-31(37)23-25-40(38)39;1-2-13-32-30-48-46(27-31(32)12-1)45-29-36(24-25-47(45)51-48)50-42-22-9-7-20-40(42)49(41-21-8-10-23-43(41)50)35-16-11-15-33(26-35)44-28-34-14-3-4-17-37(34)38-18-5-6-19-39(38)44/h2*1-30H/i2*1D,2D,3D,4D,5D,6D,7D,8D,9D,10D,11D,12D,13D,14D,15D,16D,17D,18D,19D,20D,21D,22D,23D,24D,25D,26D,27D,28D,29D,30D. The molecular weight excluding hydrogens is 1230 g/mol. The maximum atomic E-state index is 10.1. The van der Waals surface area contributed by atoms with Gasteiger partial charge in [0.25, 0.3) is 0 Å². The molecule has 0 saturated heterocycles. The Balaban J connectivity index is 0.000000186. The lowest BCUT2D eigenvalue weighted by atomic mass is 9.85. The van der Waals surface area contributed by atoms with E-state index < -0.39 is 581 Å². The Morgan fingerprint density at radius 1 is 0.147 bits per heavy atom. The van der Waals surface area contributed by atoms with E-state index in [1.807, 2.05) is 0 Å². The molecule has 0 aliphatic heterocycles. The van der Waals surface area contributed by atoms with Crippen molar-refractivity contribution in [1.82, 2.24) is 0 Å². The van der Waals surface area contributed by atoms with Crippen molar-refractivity contribution in [2.45, 2.75) is 0 Å². The van der Waals surface area contributed by atoms with Crippen LogP contribution in [-0.4, -0.2) is 0 Å². The van der Waals surface area contributed by atoms with Gasteiger partial charge in [-0.1, -0.05) is 296 Å². The maximum absolute atomic E-state index is 10.1. The van der Waals surface area contributed by atoms with Gasteiger partial charge in [0.05, 0.1) is 82.2 Å². The average molecular weight is 1350 g/mol. The molecule has 0 aliphatic carbocycles. The number of fused-ring (bicyclic) bond motifs is 18. The van der Waals surface area contributed by atoms with Gasteiger partial charge in [0.15, 0.2) is 0 Å². The Bertz CT molecular complexity index is 10900. The van der Waals surface area contributed by atoms with Crippen molar-refractivity contribution in [2.75, 3.05) is 0 Å². The molecule has 0 unspecified atom stereocenters. The molecule has 0 aliphatic rings. The molecule has 20 aromatic carbocycles. The third-order valence-electron chi connectivity index (χ3n) is 17.0. The van der Waals surface area contributed by atoms with Crippen molar-refractivity contribution in [1.29, 1.82) is 0 Å². The van der Waals surface area contributed by atoms with E-state index in [2.05, 4.69) is 0 Å². The Morgan fingerprint density at radius 3 is 0.902 bits per heavy atom. The van der Waals surface area contributed by atoms with Crippen LogP contribution in [0.2, 0.25) is 0 Å². The van der Waals surface area contributed by atoms with Crippen LogP contribution < -0.4 is 0 Å². The van der Waals surface area contributed by atoms with E-state index in [0.717, 1.165) is 0 Å². The molecule has 0 radical (unpaired) electrons. The van der Waals surface area contributed by atoms with Crippen molar-refractivity contribution in [3.63, 3.8) is 0 Å². The zero-order chi connectivity index (χ0) is 119. The zero-order valence-electron chi connectivity index (χ0n) is 111. The van der Waals surface area contributed by atoms with Gasteiger partial charge in [0.2, 0.25) is 0 Å². The van der Waals surface area contributed by atoms with Crippen LogP contribution in [0.25, 0.3) is 218 Å². The molecule has 0 saturated carbocycles. The van der Waals surface area contributed by atoms with E-state index in [-0.39, 0.29) is 0 Å². The highest BCUT2D eigenvalue weighted by Gasteiger charge is 2.22. The highest BCUT2D eigenvalue weighted by Crippen LogP contribution is 2.49. The van der Waals surface area contributed by atoms with Crippen LogP contribution in [0.15, 0.2) is 371 Å². The third-order valence-corrected chi connectivity index (χ3v) is 17.0. The fraction of sp³-hybridized carbons (Fsp3) is 0. The first-order chi connectivity index (χ1) is 75.6.